The largest absolute Gasteiger partial charge is 0.192 e. The van der Waals surface area contributed by atoms with Gasteiger partial charge in [0.05, 0.1) is 9.75 Å². The summed E-state index contributed by atoms with van der Waals surface area (Å²) in [6.07, 6.45) is 3.30. The average molecular weight is 593 g/mol. The number of thiophene rings is 5. The van der Waals surface area contributed by atoms with E-state index >= 15 is 0 Å². The van der Waals surface area contributed by atoms with Crippen LogP contribution in [-0.4, -0.2) is 0 Å². The molecule has 0 spiro atoms. The van der Waals surface area contributed by atoms with Gasteiger partial charge in [-0.2, -0.15) is 21.0 Å². The van der Waals surface area contributed by atoms with E-state index < -0.39 is 0 Å². The first-order valence-electron chi connectivity index (χ1n) is 11.5. The van der Waals surface area contributed by atoms with Gasteiger partial charge in [-0.05, 0) is 85.7 Å². The highest BCUT2D eigenvalue weighted by Crippen LogP contribution is 2.48. The molecule has 0 fully saturated rings. The van der Waals surface area contributed by atoms with Gasteiger partial charge in [0.25, 0.3) is 0 Å². The maximum atomic E-state index is 9.39. The Morgan fingerprint density at radius 3 is 1.23 bits per heavy atom. The van der Waals surface area contributed by atoms with Gasteiger partial charge in [0.2, 0.25) is 0 Å². The van der Waals surface area contributed by atoms with E-state index in [1.54, 1.807) is 68.8 Å². The summed E-state index contributed by atoms with van der Waals surface area (Å²) < 4.78 is 0. The number of allylic oxidation sites excluding steroid dienone is 2. The molecular formula is C30H16N4S5. The van der Waals surface area contributed by atoms with Crippen molar-refractivity contribution in [2.24, 2.45) is 0 Å². The molecule has 5 aromatic heterocycles. The summed E-state index contributed by atoms with van der Waals surface area (Å²) in [7, 11) is 0. The number of hydrogen-bond acceptors (Lipinski definition) is 9. The minimum atomic E-state index is 0.0573. The van der Waals surface area contributed by atoms with E-state index in [0.29, 0.717) is 0 Å². The zero-order valence-corrected chi connectivity index (χ0v) is 24.7. The number of nitrogens with zero attached hydrogens (tertiary/aromatic N) is 4. The van der Waals surface area contributed by atoms with Gasteiger partial charge in [0.15, 0.2) is 0 Å². The zero-order chi connectivity index (χ0) is 27.5. The first-order valence-corrected chi connectivity index (χ1v) is 15.6. The SMILES string of the molecule is Cc1ccc(-c2cc(C=C(C#N)C#N)c(-c3ccc(-c4sc(-c5ccc(C)s5)cc4C=C(C#N)C#N)s3)s2)s1. The second-order valence-electron chi connectivity index (χ2n) is 8.34. The highest BCUT2D eigenvalue weighted by Gasteiger charge is 2.19. The summed E-state index contributed by atoms with van der Waals surface area (Å²) in [5.74, 6) is 0. The van der Waals surface area contributed by atoms with Crippen molar-refractivity contribution in [3.8, 4) is 63.3 Å². The van der Waals surface area contributed by atoms with Gasteiger partial charge in [-0.15, -0.1) is 56.7 Å². The average Bonchev–Trinajstić information content (AvgIpc) is 3.76. The fourth-order valence-electron chi connectivity index (χ4n) is 3.86. The van der Waals surface area contributed by atoms with Gasteiger partial charge >= 0.3 is 0 Å². The number of nitriles is 4. The Morgan fingerprint density at radius 1 is 0.513 bits per heavy atom. The smallest absolute Gasteiger partial charge is 0.130 e. The van der Waals surface area contributed by atoms with Gasteiger partial charge in [-0.3, -0.25) is 0 Å². The standard InChI is InChI=1S/C30H16N4S5/c1-17-3-5-23(35-17)27-11-21(9-19(13-31)14-32)29(38-27)25-7-8-26(37-25)30-22(10-20(15-33)16-34)12-28(39-30)24-6-4-18(2)36-24/h3-12H,1-2H3. The molecule has 0 aliphatic rings. The van der Waals surface area contributed by atoms with Crippen LogP contribution in [0.5, 0.6) is 0 Å². The van der Waals surface area contributed by atoms with Crippen molar-refractivity contribution in [1.82, 2.24) is 0 Å². The Balaban J connectivity index is 1.63. The number of rotatable bonds is 6. The molecule has 4 nitrogen and oxygen atoms in total. The van der Waals surface area contributed by atoms with Crippen LogP contribution in [0.1, 0.15) is 20.9 Å². The van der Waals surface area contributed by atoms with Crippen molar-refractivity contribution in [2.75, 3.05) is 0 Å². The second kappa shape index (κ2) is 11.4. The molecule has 0 aliphatic carbocycles. The fourth-order valence-corrected chi connectivity index (χ4v) is 9.30. The molecule has 5 rings (SSSR count). The van der Waals surface area contributed by atoms with E-state index in [9.17, 15) is 21.0 Å². The monoisotopic (exact) mass is 592 g/mol. The van der Waals surface area contributed by atoms with Crippen LogP contribution in [0, 0.1) is 59.2 Å². The zero-order valence-electron chi connectivity index (χ0n) is 20.6. The van der Waals surface area contributed by atoms with Crippen molar-refractivity contribution >= 4 is 68.8 Å². The van der Waals surface area contributed by atoms with Gasteiger partial charge in [-0.25, -0.2) is 0 Å². The number of aryl methyl sites for hydroxylation is 2. The van der Waals surface area contributed by atoms with E-state index in [1.807, 2.05) is 36.4 Å². The molecular weight excluding hydrogens is 577 g/mol. The molecule has 0 bridgehead atoms. The van der Waals surface area contributed by atoms with Crippen LogP contribution in [0.25, 0.3) is 51.2 Å². The van der Waals surface area contributed by atoms with Crippen LogP contribution < -0.4 is 0 Å². The maximum absolute atomic E-state index is 9.39. The van der Waals surface area contributed by atoms with E-state index in [4.69, 9.17) is 0 Å². The lowest BCUT2D eigenvalue weighted by Crippen LogP contribution is -1.76. The Hall–Kier alpha value is -4.06. The minimum Gasteiger partial charge on any atom is -0.192 e. The van der Waals surface area contributed by atoms with Crippen LogP contribution in [0.2, 0.25) is 0 Å². The lowest BCUT2D eigenvalue weighted by Gasteiger charge is -1.97. The quantitative estimate of drug-likeness (QED) is 0.183. The Labute approximate surface area is 246 Å². The maximum Gasteiger partial charge on any atom is 0.130 e. The van der Waals surface area contributed by atoms with Crippen LogP contribution in [0.4, 0.5) is 0 Å². The second-order valence-corrected chi connectivity index (χ2v) is 14.1. The Bertz CT molecular complexity index is 1770. The summed E-state index contributed by atoms with van der Waals surface area (Å²) in [6, 6.07) is 24.5. The van der Waals surface area contributed by atoms with Crippen molar-refractivity contribution in [3.05, 3.63) is 80.6 Å². The van der Waals surface area contributed by atoms with Gasteiger partial charge in [0.1, 0.15) is 35.4 Å². The summed E-state index contributed by atoms with van der Waals surface area (Å²) in [5, 5.41) is 37.6. The molecule has 186 valence electrons. The van der Waals surface area contributed by atoms with Crippen molar-refractivity contribution < 1.29 is 0 Å². The third kappa shape index (κ3) is 5.56. The molecule has 0 saturated carbocycles. The van der Waals surface area contributed by atoms with Gasteiger partial charge in [0, 0.05) is 39.0 Å². The Kier molecular flexibility index (Phi) is 7.73. The summed E-state index contributed by atoms with van der Waals surface area (Å²) >= 11 is 8.32. The molecule has 39 heavy (non-hydrogen) atoms. The van der Waals surface area contributed by atoms with Crippen LogP contribution in [-0.2, 0) is 0 Å². The molecule has 0 radical (unpaired) electrons. The van der Waals surface area contributed by atoms with Crippen molar-refractivity contribution in [3.63, 3.8) is 0 Å². The van der Waals surface area contributed by atoms with E-state index in [-0.39, 0.29) is 11.1 Å². The minimum absolute atomic E-state index is 0.0573. The highest BCUT2D eigenvalue weighted by molar-refractivity contribution is 7.30. The third-order valence-electron chi connectivity index (χ3n) is 5.62. The molecule has 0 aliphatic heterocycles. The molecule has 5 heterocycles. The molecule has 0 N–H and O–H groups in total. The number of hydrogen-bond donors (Lipinski definition) is 0. The molecule has 0 saturated heterocycles. The molecule has 0 amide bonds. The van der Waals surface area contributed by atoms with Crippen LogP contribution >= 0.6 is 56.7 Å². The summed E-state index contributed by atoms with van der Waals surface area (Å²) in [4.78, 5) is 10.9. The van der Waals surface area contributed by atoms with Crippen molar-refractivity contribution in [2.45, 2.75) is 13.8 Å². The normalized spacial score (nSPS) is 10.2. The molecule has 0 unspecified atom stereocenters. The predicted octanol–water partition coefficient (Wildman–Crippen LogP) is 10.1. The molecule has 5 aromatic rings. The molecule has 9 heteroatoms. The lowest BCUT2D eigenvalue weighted by atomic mass is 10.1. The van der Waals surface area contributed by atoms with E-state index in [2.05, 4.69) is 50.2 Å². The van der Waals surface area contributed by atoms with Crippen molar-refractivity contribution in [1.29, 1.82) is 21.0 Å². The lowest BCUT2D eigenvalue weighted by molar-refractivity contribution is 1.47. The predicted molar refractivity (Wildman–Crippen MR) is 165 cm³/mol. The molecule has 0 aromatic carbocycles. The third-order valence-corrected chi connectivity index (χ3v) is 11.8. The summed E-state index contributed by atoms with van der Waals surface area (Å²) in [6.45, 7) is 4.14. The Morgan fingerprint density at radius 2 is 0.897 bits per heavy atom. The summed E-state index contributed by atoms with van der Waals surface area (Å²) in [5.41, 5.74) is 1.79. The fraction of sp³-hybridized carbons (Fsp3) is 0.0667. The first kappa shape index (κ1) is 26.5. The topological polar surface area (TPSA) is 95.2 Å². The molecule has 0 atom stereocenters. The van der Waals surface area contributed by atoms with E-state index in [0.717, 1.165) is 50.1 Å². The van der Waals surface area contributed by atoms with E-state index in [1.165, 1.54) is 9.75 Å². The first-order chi connectivity index (χ1) is 18.9. The van der Waals surface area contributed by atoms with Gasteiger partial charge < -0.3 is 0 Å². The van der Waals surface area contributed by atoms with Crippen LogP contribution in [0.3, 0.4) is 0 Å². The van der Waals surface area contributed by atoms with Gasteiger partial charge in [-0.1, -0.05) is 0 Å². The highest BCUT2D eigenvalue weighted by atomic mass is 32.1. The van der Waals surface area contributed by atoms with Crippen LogP contribution in [0.15, 0.2) is 59.7 Å².